The van der Waals surface area contributed by atoms with Crippen LogP contribution in [-0.4, -0.2) is 31.3 Å². The molecule has 2 rings (SSSR count). The van der Waals surface area contributed by atoms with Gasteiger partial charge in [-0.3, -0.25) is 4.79 Å². The van der Waals surface area contributed by atoms with Gasteiger partial charge in [0.1, 0.15) is 6.54 Å². The number of alkyl halides is 3. The third-order valence-corrected chi connectivity index (χ3v) is 3.23. The first-order valence-electron chi connectivity index (χ1n) is 5.20. The van der Waals surface area contributed by atoms with Crippen molar-refractivity contribution in [2.75, 3.05) is 0 Å². The first-order valence-corrected chi connectivity index (χ1v) is 6.01. The number of aromatic nitrogens is 4. The summed E-state index contributed by atoms with van der Waals surface area (Å²) < 4.78 is 39.4. The third kappa shape index (κ3) is 3.26. The molecule has 2 aromatic rings. The molecule has 0 radical (unpaired) electrons. The Morgan fingerprint density at radius 1 is 1.35 bits per heavy atom. The lowest BCUT2D eigenvalue weighted by molar-refractivity contribution is -0.140. The Labute approximate surface area is 114 Å². The number of tetrazole rings is 1. The molecule has 1 aromatic heterocycles. The predicted octanol–water partition coefficient (Wildman–Crippen LogP) is 1.93. The molecular formula is C10H7F3N4O2S. The normalized spacial score (nSPS) is 11.6. The Balaban J connectivity index is 2.32. The molecule has 0 aliphatic carbocycles. The number of carbonyl (C=O) groups is 1. The molecule has 0 unspecified atom stereocenters. The molecular weight excluding hydrogens is 297 g/mol. The summed E-state index contributed by atoms with van der Waals surface area (Å²) in [6, 6.07) is 4.93. The van der Waals surface area contributed by atoms with E-state index >= 15 is 0 Å². The molecule has 0 fully saturated rings. The van der Waals surface area contributed by atoms with E-state index < -0.39 is 24.3 Å². The van der Waals surface area contributed by atoms with Gasteiger partial charge in [-0.25, -0.2) is 4.68 Å². The van der Waals surface area contributed by atoms with E-state index in [1.807, 2.05) is 0 Å². The van der Waals surface area contributed by atoms with Crippen molar-refractivity contribution >= 4 is 17.7 Å². The van der Waals surface area contributed by atoms with Crippen LogP contribution >= 0.6 is 11.8 Å². The van der Waals surface area contributed by atoms with Crippen LogP contribution in [0.3, 0.4) is 0 Å². The van der Waals surface area contributed by atoms with E-state index in [9.17, 15) is 18.0 Å². The molecule has 10 heteroatoms. The lowest BCUT2D eigenvalue weighted by Crippen LogP contribution is -2.12. The average Bonchev–Trinajstić information content (AvgIpc) is 2.75. The number of hydrogen-bond donors (Lipinski definition) is 1. The lowest BCUT2D eigenvalue weighted by Gasteiger charge is -2.11. The number of carboxylic acid groups (broad SMARTS) is 1. The van der Waals surface area contributed by atoms with E-state index in [1.165, 1.54) is 18.2 Å². The molecule has 1 aromatic carbocycles. The first-order chi connectivity index (χ1) is 9.38. The summed E-state index contributed by atoms with van der Waals surface area (Å²) in [5.41, 5.74) is -0.824. The Bertz CT molecular complexity index is 629. The molecule has 0 saturated heterocycles. The average molecular weight is 304 g/mol. The predicted molar refractivity (Wildman–Crippen MR) is 61.0 cm³/mol. The van der Waals surface area contributed by atoms with Gasteiger partial charge in [0, 0.05) is 4.90 Å². The van der Waals surface area contributed by atoms with Gasteiger partial charge < -0.3 is 5.11 Å². The zero-order valence-electron chi connectivity index (χ0n) is 9.70. The van der Waals surface area contributed by atoms with Crippen molar-refractivity contribution in [3.63, 3.8) is 0 Å². The van der Waals surface area contributed by atoms with E-state index in [0.717, 1.165) is 10.7 Å². The summed E-state index contributed by atoms with van der Waals surface area (Å²) in [5.74, 6) is -1.19. The number of benzene rings is 1. The molecule has 0 atom stereocenters. The molecule has 6 nitrogen and oxygen atoms in total. The van der Waals surface area contributed by atoms with E-state index in [1.54, 1.807) is 0 Å². The molecule has 20 heavy (non-hydrogen) atoms. The van der Waals surface area contributed by atoms with Gasteiger partial charge in [0.2, 0.25) is 5.16 Å². The fourth-order valence-electron chi connectivity index (χ4n) is 1.39. The van der Waals surface area contributed by atoms with Crippen LogP contribution in [0.5, 0.6) is 0 Å². The second kappa shape index (κ2) is 5.49. The van der Waals surface area contributed by atoms with E-state index in [0.29, 0.717) is 11.8 Å². The Morgan fingerprint density at radius 3 is 2.70 bits per heavy atom. The van der Waals surface area contributed by atoms with E-state index in [2.05, 4.69) is 15.5 Å². The fraction of sp³-hybridized carbons (Fsp3) is 0.200. The molecule has 0 bridgehead atoms. The smallest absolute Gasteiger partial charge is 0.417 e. The summed E-state index contributed by atoms with van der Waals surface area (Å²) in [4.78, 5) is 10.5. The van der Waals surface area contributed by atoms with Gasteiger partial charge in [-0.1, -0.05) is 12.1 Å². The largest absolute Gasteiger partial charge is 0.480 e. The minimum absolute atomic E-state index is 0.0240. The highest BCUT2D eigenvalue weighted by Crippen LogP contribution is 2.38. The van der Waals surface area contributed by atoms with Crippen molar-refractivity contribution in [2.24, 2.45) is 0 Å². The molecule has 1 heterocycles. The van der Waals surface area contributed by atoms with Crippen LogP contribution in [0.4, 0.5) is 13.2 Å². The maximum absolute atomic E-state index is 12.8. The quantitative estimate of drug-likeness (QED) is 0.929. The fourth-order valence-corrected chi connectivity index (χ4v) is 2.31. The number of aliphatic carboxylic acids is 1. The number of halogens is 3. The monoisotopic (exact) mass is 304 g/mol. The Morgan fingerprint density at radius 2 is 2.05 bits per heavy atom. The molecule has 106 valence electrons. The number of nitrogens with zero attached hydrogens (tertiary/aromatic N) is 4. The van der Waals surface area contributed by atoms with Gasteiger partial charge in [0.25, 0.3) is 0 Å². The third-order valence-electron chi connectivity index (χ3n) is 2.18. The van der Waals surface area contributed by atoms with Crippen LogP contribution in [0.2, 0.25) is 0 Å². The SMILES string of the molecule is O=C(O)Cn1nnnc1Sc1ccccc1C(F)(F)F. The van der Waals surface area contributed by atoms with Gasteiger partial charge in [-0.05, 0) is 34.3 Å². The van der Waals surface area contributed by atoms with Crippen molar-refractivity contribution in [3.05, 3.63) is 29.8 Å². The van der Waals surface area contributed by atoms with Crippen LogP contribution in [0, 0.1) is 0 Å². The molecule has 0 amide bonds. The topological polar surface area (TPSA) is 80.9 Å². The van der Waals surface area contributed by atoms with Crippen molar-refractivity contribution in [1.82, 2.24) is 20.2 Å². The van der Waals surface area contributed by atoms with Crippen LogP contribution in [-0.2, 0) is 17.5 Å². The number of carboxylic acids is 1. The Hall–Kier alpha value is -2.10. The number of hydrogen-bond acceptors (Lipinski definition) is 5. The van der Waals surface area contributed by atoms with E-state index in [-0.39, 0.29) is 10.1 Å². The van der Waals surface area contributed by atoms with Gasteiger partial charge in [-0.15, -0.1) is 5.10 Å². The highest BCUT2D eigenvalue weighted by molar-refractivity contribution is 7.99. The van der Waals surface area contributed by atoms with Crippen LogP contribution in [0.1, 0.15) is 5.56 Å². The van der Waals surface area contributed by atoms with E-state index in [4.69, 9.17) is 5.11 Å². The summed E-state index contributed by atoms with van der Waals surface area (Å²) >= 11 is 0.660. The van der Waals surface area contributed by atoms with Crippen LogP contribution in [0.15, 0.2) is 34.3 Å². The highest BCUT2D eigenvalue weighted by atomic mass is 32.2. The van der Waals surface area contributed by atoms with Gasteiger partial charge in [0.15, 0.2) is 0 Å². The highest BCUT2D eigenvalue weighted by Gasteiger charge is 2.33. The Kier molecular flexibility index (Phi) is 3.93. The molecule has 0 aliphatic rings. The summed E-state index contributed by atoms with van der Waals surface area (Å²) in [7, 11) is 0. The van der Waals surface area contributed by atoms with Crippen LogP contribution in [0.25, 0.3) is 0 Å². The maximum atomic E-state index is 12.8. The van der Waals surface area contributed by atoms with Crippen LogP contribution < -0.4 is 0 Å². The summed E-state index contributed by atoms with van der Waals surface area (Å²) in [6.45, 7) is -0.524. The standard InChI is InChI=1S/C10H7F3N4O2S/c11-10(12,13)6-3-1-2-4-7(6)20-9-14-15-16-17(9)5-8(18)19/h1-4H,5H2,(H,18,19). The first kappa shape index (κ1) is 14.3. The zero-order chi connectivity index (χ0) is 14.8. The van der Waals surface area contributed by atoms with Crippen molar-refractivity contribution < 1.29 is 23.1 Å². The summed E-state index contributed by atoms with van der Waals surface area (Å²) in [5, 5.41) is 18.8. The lowest BCUT2D eigenvalue weighted by atomic mass is 10.2. The summed E-state index contributed by atoms with van der Waals surface area (Å²) in [6.07, 6.45) is -4.51. The van der Waals surface area contributed by atoms with Crippen molar-refractivity contribution in [2.45, 2.75) is 22.8 Å². The van der Waals surface area contributed by atoms with Crippen molar-refractivity contribution in [1.29, 1.82) is 0 Å². The van der Waals surface area contributed by atoms with Gasteiger partial charge in [-0.2, -0.15) is 13.2 Å². The van der Waals surface area contributed by atoms with Crippen molar-refractivity contribution in [3.8, 4) is 0 Å². The molecule has 0 spiro atoms. The molecule has 1 N–H and O–H groups in total. The van der Waals surface area contributed by atoms with Gasteiger partial charge >= 0.3 is 12.1 Å². The van der Waals surface area contributed by atoms with Gasteiger partial charge in [0.05, 0.1) is 5.56 Å². The maximum Gasteiger partial charge on any atom is 0.417 e. The second-order valence-corrected chi connectivity index (χ2v) is 4.62. The number of rotatable bonds is 4. The minimum Gasteiger partial charge on any atom is -0.480 e. The minimum atomic E-state index is -4.51. The molecule has 0 aliphatic heterocycles. The second-order valence-electron chi connectivity index (χ2n) is 3.61. The zero-order valence-corrected chi connectivity index (χ0v) is 10.5. The molecule has 0 saturated carbocycles.